The SMILES string of the molecule is CC(C)COc1ccc(NC(=O)CN2CCCCCC2)cc1. The van der Waals surface area contributed by atoms with E-state index in [9.17, 15) is 4.79 Å². The van der Waals surface area contributed by atoms with Crippen LogP contribution in [0.2, 0.25) is 0 Å². The topological polar surface area (TPSA) is 41.6 Å². The highest BCUT2D eigenvalue weighted by Crippen LogP contribution is 2.16. The predicted octanol–water partition coefficient (Wildman–Crippen LogP) is 3.54. The van der Waals surface area contributed by atoms with E-state index in [1.54, 1.807) is 0 Å². The van der Waals surface area contributed by atoms with E-state index in [4.69, 9.17) is 4.74 Å². The highest BCUT2D eigenvalue weighted by atomic mass is 16.5. The van der Waals surface area contributed by atoms with Gasteiger partial charge >= 0.3 is 0 Å². The first-order chi connectivity index (χ1) is 10.6. The molecular formula is C18H28N2O2. The van der Waals surface area contributed by atoms with Gasteiger partial charge in [0.15, 0.2) is 0 Å². The van der Waals surface area contributed by atoms with Gasteiger partial charge in [0, 0.05) is 5.69 Å². The van der Waals surface area contributed by atoms with Gasteiger partial charge < -0.3 is 10.1 Å². The second-order valence-electron chi connectivity index (χ2n) is 6.47. The van der Waals surface area contributed by atoms with E-state index in [1.807, 2.05) is 24.3 Å². The van der Waals surface area contributed by atoms with Crippen molar-refractivity contribution in [2.75, 3.05) is 31.6 Å². The molecule has 1 N–H and O–H groups in total. The molecule has 1 aliphatic rings. The zero-order valence-corrected chi connectivity index (χ0v) is 13.8. The van der Waals surface area contributed by atoms with Crippen molar-refractivity contribution in [2.45, 2.75) is 39.5 Å². The van der Waals surface area contributed by atoms with E-state index >= 15 is 0 Å². The van der Waals surface area contributed by atoms with Crippen molar-refractivity contribution in [1.29, 1.82) is 0 Å². The van der Waals surface area contributed by atoms with E-state index < -0.39 is 0 Å². The number of rotatable bonds is 6. The molecule has 0 saturated carbocycles. The lowest BCUT2D eigenvalue weighted by atomic mass is 10.2. The number of carbonyl (C=O) groups excluding carboxylic acids is 1. The Balaban J connectivity index is 1.78. The Morgan fingerprint density at radius 3 is 2.36 bits per heavy atom. The zero-order valence-electron chi connectivity index (χ0n) is 13.8. The predicted molar refractivity (Wildman–Crippen MR) is 90.3 cm³/mol. The van der Waals surface area contributed by atoms with E-state index in [0.717, 1.165) is 24.5 Å². The van der Waals surface area contributed by atoms with Gasteiger partial charge in [0.25, 0.3) is 0 Å². The largest absolute Gasteiger partial charge is 0.493 e. The minimum absolute atomic E-state index is 0.0674. The Hall–Kier alpha value is -1.55. The Labute approximate surface area is 133 Å². The molecule has 1 aromatic carbocycles. The number of amides is 1. The van der Waals surface area contributed by atoms with Crippen LogP contribution in [0.1, 0.15) is 39.5 Å². The highest BCUT2D eigenvalue weighted by molar-refractivity contribution is 5.92. The van der Waals surface area contributed by atoms with Crippen LogP contribution in [0, 0.1) is 5.92 Å². The standard InChI is InChI=1S/C18H28N2O2/c1-15(2)14-22-17-9-7-16(8-10-17)19-18(21)13-20-11-5-3-4-6-12-20/h7-10,15H,3-6,11-14H2,1-2H3,(H,19,21). The summed E-state index contributed by atoms with van der Waals surface area (Å²) in [7, 11) is 0. The number of hydrogen-bond donors (Lipinski definition) is 1. The monoisotopic (exact) mass is 304 g/mol. The normalized spacial score (nSPS) is 16.3. The summed E-state index contributed by atoms with van der Waals surface area (Å²) in [5.41, 5.74) is 0.830. The maximum atomic E-state index is 12.1. The van der Waals surface area contributed by atoms with Crippen LogP contribution in [0.4, 0.5) is 5.69 Å². The molecule has 122 valence electrons. The molecule has 1 amide bonds. The van der Waals surface area contributed by atoms with Gasteiger partial charge in [0.1, 0.15) is 5.75 Å². The van der Waals surface area contributed by atoms with Crippen LogP contribution in [-0.2, 0) is 4.79 Å². The Kier molecular flexibility index (Phi) is 6.72. The van der Waals surface area contributed by atoms with E-state index in [-0.39, 0.29) is 5.91 Å². The molecule has 2 rings (SSSR count). The van der Waals surface area contributed by atoms with Crippen molar-refractivity contribution >= 4 is 11.6 Å². The Morgan fingerprint density at radius 2 is 1.77 bits per heavy atom. The molecule has 0 radical (unpaired) electrons. The molecule has 1 saturated heterocycles. The Bertz CT molecular complexity index is 449. The summed E-state index contributed by atoms with van der Waals surface area (Å²) in [5.74, 6) is 1.42. The summed E-state index contributed by atoms with van der Waals surface area (Å²) < 4.78 is 5.64. The van der Waals surface area contributed by atoms with Crippen molar-refractivity contribution in [3.05, 3.63) is 24.3 Å². The fourth-order valence-electron chi connectivity index (χ4n) is 2.60. The minimum Gasteiger partial charge on any atom is -0.493 e. The first-order valence-electron chi connectivity index (χ1n) is 8.38. The van der Waals surface area contributed by atoms with Gasteiger partial charge in [0.2, 0.25) is 5.91 Å². The Morgan fingerprint density at radius 1 is 1.14 bits per heavy atom. The van der Waals surface area contributed by atoms with Crippen LogP contribution >= 0.6 is 0 Å². The third kappa shape index (κ3) is 6.06. The van der Waals surface area contributed by atoms with Crippen LogP contribution in [0.5, 0.6) is 5.75 Å². The lowest BCUT2D eigenvalue weighted by Gasteiger charge is -2.19. The quantitative estimate of drug-likeness (QED) is 0.874. The average molecular weight is 304 g/mol. The number of nitrogens with zero attached hydrogens (tertiary/aromatic N) is 1. The van der Waals surface area contributed by atoms with Gasteiger partial charge in [-0.05, 0) is 56.1 Å². The second-order valence-corrected chi connectivity index (χ2v) is 6.47. The minimum atomic E-state index is 0.0674. The van der Waals surface area contributed by atoms with Crippen LogP contribution in [0.3, 0.4) is 0 Å². The number of hydrogen-bond acceptors (Lipinski definition) is 3. The fourth-order valence-corrected chi connectivity index (χ4v) is 2.60. The molecule has 0 atom stereocenters. The van der Waals surface area contributed by atoms with Crippen molar-refractivity contribution in [3.8, 4) is 5.75 Å². The van der Waals surface area contributed by atoms with Crippen molar-refractivity contribution in [2.24, 2.45) is 5.92 Å². The molecule has 0 spiro atoms. The highest BCUT2D eigenvalue weighted by Gasteiger charge is 2.13. The molecule has 4 heteroatoms. The summed E-state index contributed by atoms with van der Waals surface area (Å²) in [6.45, 7) is 7.52. The van der Waals surface area contributed by atoms with Gasteiger partial charge in [-0.1, -0.05) is 26.7 Å². The van der Waals surface area contributed by atoms with Crippen molar-refractivity contribution < 1.29 is 9.53 Å². The molecule has 1 aliphatic heterocycles. The van der Waals surface area contributed by atoms with E-state index in [0.29, 0.717) is 19.1 Å². The summed E-state index contributed by atoms with van der Waals surface area (Å²) in [6, 6.07) is 7.61. The summed E-state index contributed by atoms with van der Waals surface area (Å²) >= 11 is 0. The lowest BCUT2D eigenvalue weighted by Crippen LogP contribution is -2.33. The zero-order chi connectivity index (χ0) is 15.8. The number of ether oxygens (including phenoxy) is 1. The molecule has 0 unspecified atom stereocenters. The maximum absolute atomic E-state index is 12.1. The maximum Gasteiger partial charge on any atom is 0.238 e. The van der Waals surface area contributed by atoms with E-state index in [1.165, 1.54) is 25.7 Å². The summed E-state index contributed by atoms with van der Waals surface area (Å²) in [4.78, 5) is 14.4. The third-order valence-corrected chi connectivity index (χ3v) is 3.79. The fraction of sp³-hybridized carbons (Fsp3) is 0.611. The number of anilines is 1. The smallest absolute Gasteiger partial charge is 0.238 e. The number of nitrogens with one attached hydrogen (secondary N) is 1. The number of benzene rings is 1. The molecule has 1 fully saturated rings. The second kappa shape index (κ2) is 8.79. The molecule has 4 nitrogen and oxygen atoms in total. The molecule has 0 bridgehead atoms. The molecule has 1 aromatic rings. The van der Waals surface area contributed by atoms with Crippen LogP contribution in [-0.4, -0.2) is 37.0 Å². The van der Waals surface area contributed by atoms with Crippen LogP contribution in [0.15, 0.2) is 24.3 Å². The molecular weight excluding hydrogens is 276 g/mol. The number of carbonyl (C=O) groups is 1. The lowest BCUT2D eigenvalue weighted by molar-refractivity contribution is -0.117. The first-order valence-corrected chi connectivity index (χ1v) is 8.38. The summed E-state index contributed by atoms with van der Waals surface area (Å²) in [5, 5.41) is 2.97. The molecule has 0 aromatic heterocycles. The first kappa shape index (κ1) is 16.8. The van der Waals surface area contributed by atoms with Crippen molar-refractivity contribution in [3.63, 3.8) is 0 Å². The van der Waals surface area contributed by atoms with Gasteiger partial charge in [-0.25, -0.2) is 0 Å². The number of likely N-dealkylation sites (tertiary alicyclic amines) is 1. The summed E-state index contributed by atoms with van der Waals surface area (Å²) in [6.07, 6.45) is 4.98. The van der Waals surface area contributed by atoms with Gasteiger partial charge in [-0.15, -0.1) is 0 Å². The van der Waals surface area contributed by atoms with E-state index in [2.05, 4.69) is 24.1 Å². The van der Waals surface area contributed by atoms with Gasteiger partial charge in [-0.3, -0.25) is 9.69 Å². The molecule has 0 aliphatic carbocycles. The van der Waals surface area contributed by atoms with Gasteiger partial charge in [0.05, 0.1) is 13.2 Å². The third-order valence-electron chi connectivity index (χ3n) is 3.79. The van der Waals surface area contributed by atoms with Crippen molar-refractivity contribution in [1.82, 2.24) is 4.90 Å². The molecule has 22 heavy (non-hydrogen) atoms. The molecule has 1 heterocycles. The van der Waals surface area contributed by atoms with Gasteiger partial charge in [-0.2, -0.15) is 0 Å². The van der Waals surface area contributed by atoms with Crippen LogP contribution in [0.25, 0.3) is 0 Å². The average Bonchev–Trinajstić information content (AvgIpc) is 2.75. The van der Waals surface area contributed by atoms with Crippen LogP contribution < -0.4 is 10.1 Å².